The maximum Gasteiger partial charge on any atom is 0.265 e. The number of hydrogen-bond acceptors (Lipinski definition) is 2. The highest BCUT2D eigenvalue weighted by molar-refractivity contribution is 6.31. The second-order valence-electron chi connectivity index (χ2n) is 6.02. The van der Waals surface area contributed by atoms with Gasteiger partial charge in [0.25, 0.3) is 5.91 Å². The van der Waals surface area contributed by atoms with Gasteiger partial charge in [-0.05, 0) is 74.1 Å². The van der Waals surface area contributed by atoms with Crippen LogP contribution in [-0.2, 0) is 17.6 Å². The average Bonchev–Trinajstić information content (AvgIpc) is 2.58. The molecule has 0 fully saturated rings. The Bertz CT molecular complexity index is 763. The molecule has 1 N–H and O–H groups in total. The maximum absolute atomic E-state index is 13.2. The van der Waals surface area contributed by atoms with Crippen molar-refractivity contribution < 1.29 is 13.9 Å². The van der Waals surface area contributed by atoms with Crippen LogP contribution in [0.2, 0.25) is 5.02 Å². The first-order chi connectivity index (χ1) is 11.5. The zero-order valence-electron chi connectivity index (χ0n) is 13.4. The molecule has 1 aliphatic carbocycles. The van der Waals surface area contributed by atoms with E-state index in [9.17, 15) is 9.18 Å². The van der Waals surface area contributed by atoms with Crippen LogP contribution in [0.3, 0.4) is 0 Å². The number of amides is 1. The third-order valence-electron chi connectivity index (χ3n) is 4.19. The first-order valence-electron chi connectivity index (χ1n) is 8.07. The minimum absolute atomic E-state index is 0.0314. The molecule has 1 atom stereocenters. The molecule has 1 aliphatic rings. The molecule has 24 heavy (non-hydrogen) atoms. The Morgan fingerprint density at radius 3 is 2.67 bits per heavy atom. The molecule has 0 aromatic heterocycles. The number of anilines is 1. The molecular formula is C19H19ClFNO2. The molecule has 0 aliphatic heterocycles. The van der Waals surface area contributed by atoms with Crippen molar-refractivity contribution in [3.63, 3.8) is 0 Å². The number of carbonyl (C=O) groups excluding carboxylic acids is 1. The van der Waals surface area contributed by atoms with E-state index in [1.54, 1.807) is 6.92 Å². The Balaban J connectivity index is 1.64. The topological polar surface area (TPSA) is 38.3 Å². The molecule has 0 spiro atoms. The highest BCUT2D eigenvalue weighted by Gasteiger charge is 2.17. The molecule has 0 heterocycles. The van der Waals surface area contributed by atoms with Gasteiger partial charge in [-0.15, -0.1) is 0 Å². The zero-order chi connectivity index (χ0) is 17.1. The van der Waals surface area contributed by atoms with Gasteiger partial charge < -0.3 is 10.1 Å². The molecule has 2 aromatic carbocycles. The lowest BCUT2D eigenvalue weighted by Gasteiger charge is -2.19. The number of ether oxygens (including phenoxy) is 1. The molecule has 3 nitrogen and oxygen atoms in total. The summed E-state index contributed by atoms with van der Waals surface area (Å²) in [7, 11) is 0. The van der Waals surface area contributed by atoms with Crippen LogP contribution in [0.1, 0.15) is 30.9 Å². The fourth-order valence-corrected chi connectivity index (χ4v) is 3.04. The van der Waals surface area contributed by atoms with Crippen LogP contribution in [0.25, 0.3) is 0 Å². The molecule has 2 aromatic rings. The normalized spacial score (nSPS) is 14.6. The third-order valence-corrected chi connectivity index (χ3v) is 4.48. The summed E-state index contributed by atoms with van der Waals surface area (Å²) in [6.45, 7) is 1.68. The summed E-state index contributed by atoms with van der Waals surface area (Å²) in [5, 5.41) is 2.65. The van der Waals surface area contributed by atoms with E-state index in [0.717, 1.165) is 12.8 Å². The van der Waals surface area contributed by atoms with Crippen molar-refractivity contribution in [1.82, 2.24) is 0 Å². The Labute approximate surface area is 145 Å². The maximum atomic E-state index is 13.2. The third kappa shape index (κ3) is 3.88. The first kappa shape index (κ1) is 16.8. The average molecular weight is 348 g/mol. The summed E-state index contributed by atoms with van der Waals surface area (Å²) in [6.07, 6.45) is 3.91. The van der Waals surface area contributed by atoms with Crippen LogP contribution in [0.4, 0.5) is 10.1 Å². The minimum Gasteiger partial charge on any atom is -0.481 e. The largest absolute Gasteiger partial charge is 0.481 e. The van der Waals surface area contributed by atoms with Gasteiger partial charge >= 0.3 is 0 Å². The number of halogens is 2. The zero-order valence-corrected chi connectivity index (χ0v) is 14.2. The highest BCUT2D eigenvalue weighted by atomic mass is 35.5. The Morgan fingerprint density at radius 1 is 1.17 bits per heavy atom. The number of carbonyl (C=O) groups is 1. The summed E-state index contributed by atoms with van der Waals surface area (Å²) in [6, 6.07) is 10.1. The first-order valence-corrected chi connectivity index (χ1v) is 8.45. The van der Waals surface area contributed by atoms with Gasteiger partial charge in [0.1, 0.15) is 11.6 Å². The summed E-state index contributed by atoms with van der Waals surface area (Å²) in [5.41, 5.74) is 3.11. The SMILES string of the molecule is CC(Oc1ccc2c(c1)CCCC2)C(=O)Nc1ccc(F)c(Cl)c1. The van der Waals surface area contributed by atoms with Gasteiger partial charge in [-0.2, -0.15) is 0 Å². The molecular weight excluding hydrogens is 329 g/mol. The summed E-state index contributed by atoms with van der Waals surface area (Å²) in [5.74, 6) is -0.140. The van der Waals surface area contributed by atoms with Crippen molar-refractivity contribution in [2.75, 3.05) is 5.32 Å². The molecule has 1 amide bonds. The quantitative estimate of drug-likeness (QED) is 0.865. The van der Waals surface area contributed by atoms with Crippen molar-refractivity contribution in [2.24, 2.45) is 0 Å². The molecule has 0 bridgehead atoms. The molecule has 5 heteroatoms. The van der Waals surface area contributed by atoms with E-state index in [1.807, 2.05) is 12.1 Å². The molecule has 1 unspecified atom stereocenters. The second kappa shape index (κ2) is 7.22. The smallest absolute Gasteiger partial charge is 0.265 e. The lowest BCUT2D eigenvalue weighted by Crippen LogP contribution is -2.30. The van der Waals surface area contributed by atoms with Crippen molar-refractivity contribution in [3.8, 4) is 5.75 Å². The van der Waals surface area contributed by atoms with E-state index < -0.39 is 11.9 Å². The minimum atomic E-state index is -0.671. The van der Waals surface area contributed by atoms with Crippen molar-refractivity contribution in [2.45, 2.75) is 38.7 Å². The summed E-state index contributed by atoms with van der Waals surface area (Å²) in [4.78, 5) is 12.2. The predicted molar refractivity (Wildman–Crippen MR) is 93.2 cm³/mol. The van der Waals surface area contributed by atoms with Gasteiger partial charge in [-0.1, -0.05) is 17.7 Å². The van der Waals surface area contributed by atoms with Gasteiger partial charge in [0.05, 0.1) is 5.02 Å². The molecule has 0 saturated carbocycles. The lowest BCUT2D eigenvalue weighted by molar-refractivity contribution is -0.122. The molecule has 0 radical (unpaired) electrons. The van der Waals surface area contributed by atoms with Gasteiger partial charge in [0, 0.05) is 5.69 Å². The lowest BCUT2D eigenvalue weighted by atomic mass is 9.92. The fourth-order valence-electron chi connectivity index (χ4n) is 2.86. The van der Waals surface area contributed by atoms with Gasteiger partial charge in [-0.25, -0.2) is 4.39 Å². The van der Waals surface area contributed by atoms with Crippen molar-refractivity contribution in [1.29, 1.82) is 0 Å². The highest BCUT2D eigenvalue weighted by Crippen LogP contribution is 2.26. The van der Waals surface area contributed by atoms with Crippen molar-refractivity contribution in [3.05, 3.63) is 58.4 Å². The van der Waals surface area contributed by atoms with E-state index in [2.05, 4.69) is 11.4 Å². The van der Waals surface area contributed by atoms with Crippen LogP contribution < -0.4 is 10.1 Å². The van der Waals surface area contributed by atoms with Gasteiger partial charge in [0.2, 0.25) is 0 Å². The number of aryl methyl sites for hydroxylation is 2. The standard InChI is InChI=1S/C19H19ClFNO2/c1-12(19(23)22-15-7-9-18(21)17(20)11-15)24-16-8-6-13-4-2-3-5-14(13)10-16/h6-12H,2-5H2,1H3,(H,22,23). The predicted octanol–water partition coefficient (Wildman–Crippen LogP) is 4.76. The van der Waals surface area contributed by atoms with E-state index in [4.69, 9.17) is 16.3 Å². The van der Waals surface area contributed by atoms with Crippen LogP contribution in [0.5, 0.6) is 5.75 Å². The fraction of sp³-hybridized carbons (Fsp3) is 0.316. The van der Waals surface area contributed by atoms with Gasteiger partial charge in [-0.3, -0.25) is 4.79 Å². The summed E-state index contributed by atoms with van der Waals surface area (Å²) < 4.78 is 18.9. The van der Waals surface area contributed by atoms with Crippen molar-refractivity contribution >= 4 is 23.2 Å². The van der Waals surface area contributed by atoms with E-state index in [0.29, 0.717) is 11.4 Å². The second-order valence-corrected chi connectivity index (χ2v) is 6.42. The monoisotopic (exact) mass is 347 g/mol. The van der Waals surface area contributed by atoms with Crippen LogP contribution in [0.15, 0.2) is 36.4 Å². The molecule has 0 saturated heterocycles. The van der Waals surface area contributed by atoms with E-state index >= 15 is 0 Å². The molecule has 126 valence electrons. The van der Waals surface area contributed by atoms with Crippen LogP contribution in [0, 0.1) is 5.82 Å². The van der Waals surface area contributed by atoms with E-state index in [1.165, 1.54) is 42.2 Å². The van der Waals surface area contributed by atoms with Crippen LogP contribution in [-0.4, -0.2) is 12.0 Å². The number of rotatable bonds is 4. The Hall–Kier alpha value is -2.07. The number of benzene rings is 2. The van der Waals surface area contributed by atoms with Crippen LogP contribution >= 0.6 is 11.6 Å². The van der Waals surface area contributed by atoms with Gasteiger partial charge in [0.15, 0.2) is 6.10 Å². The molecule has 3 rings (SSSR count). The number of nitrogens with one attached hydrogen (secondary N) is 1. The Morgan fingerprint density at radius 2 is 1.92 bits per heavy atom. The summed E-state index contributed by atoms with van der Waals surface area (Å²) >= 11 is 5.72. The Kier molecular flexibility index (Phi) is 5.05. The number of fused-ring (bicyclic) bond motifs is 1. The van der Waals surface area contributed by atoms with E-state index in [-0.39, 0.29) is 10.9 Å². The number of hydrogen-bond donors (Lipinski definition) is 1.